The van der Waals surface area contributed by atoms with E-state index in [4.69, 9.17) is 0 Å². The summed E-state index contributed by atoms with van der Waals surface area (Å²) in [5.74, 6) is -0.196. The number of amides is 1. The molecule has 1 N–H and O–H groups in total. The molecule has 0 spiro atoms. The fourth-order valence-electron chi connectivity index (χ4n) is 2.12. The summed E-state index contributed by atoms with van der Waals surface area (Å²) in [6, 6.07) is 11.0. The third kappa shape index (κ3) is 2.64. The number of carbonyl (C=O) groups is 1. The van der Waals surface area contributed by atoms with E-state index in [9.17, 15) is 9.59 Å². The van der Waals surface area contributed by atoms with E-state index in [0.717, 1.165) is 5.56 Å². The molecular formula is C16H18N2O2. The van der Waals surface area contributed by atoms with Crippen molar-refractivity contribution in [2.45, 2.75) is 19.9 Å². The summed E-state index contributed by atoms with van der Waals surface area (Å²) in [7, 11) is 1.59. The summed E-state index contributed by atoms with van der Waals surface area (Å²) in [5, 5.41) is 2.62. The van der Waals surface area contributed by atoms with Gasteiger partial charge in [0.2, 0.25) is 0 Å². The van der Waals surface area contributed by atoms with Crippen LogP contribution < -0.4 is 10.9 Å². The van der Waals surface area contributed by atoms with Gasteiger partial charge in [-0.1, -0.05) is 30.3 Å². The van der Waals surface area contributed by atoms with Crippen molar-refractivity contribution in [3.8, 4) is 11.1 Å². The Bertz CT molecular complexity index is 673. The van der Waals surface area contributed by atoms with Gasteiger partial charge in [0, 0.05) is 30.9 Å². The van der Waals surface area contributed by atoms with Gasteiger partial charge in [0.25, 0.3) is 11.5 Å². The van der Waals surface area contributed by atoms with Crippen molar-refractivity contribution in [2.24, 2.45) is 0 Å². The number of hydrogen-bond donors (Lipinski definition) is 1. The largest absolute Gasteiger partial charge is 0.355 e. The average Bonchev–Trinajstić information content (AvgIpc) is 2.46. The van der Waals surface area contributed by atoms with Gasteiger partial charge in [-0.05, 0) is 19.4 Å². The van der Waals surface area contributed by atoms with E-state index in [1.165, 1.54) is 6.07 Å². The molecule has 0 atom stereocenters. The van der Waals surface area contributed by atoms with Gasteiger partial charge in [-0.3, -0.25) is 9.59 Å². The van der Waals surface area contributed by atoms with Gasteiger partial charge in [0.15, 0.2) is 0 Å². The predicted octanol–water partition coefficient (Wildman–Crippen LogP) is 2.46. The molecule has 0 aliphatic heterocycles. The molecule has 0 aliphatic rings. The Hall–Kier alpha value is -2.36. The molecule has 104 valence electrons. The van der Waals surface area contributed by atoms with Crippen LogP contribution in [0.4, 0.5) is 0 Å². The predicted molar refractivity (Wildman–Crippen MR) is 79.9 cm³/mol. The molecule has 1 aromatic heterocycles. The maximum absolute atomic E-state index is 12.1. The smallest absolute Gasteiger partial charge is 0.253 e. The summed E-state index contributed by atoms with van der Waals surface area (Å²) in [6.07, 6.45) is 1.63. The first-order valence-corrected chi connectivity index (χ1v) is 6.58. The van der Waals surface area contributed by atoms with Crippen LogP contribution in [0.25, 0.3) is 11.1 Å². The van der Waals surface area contributed by atoms with Gasteiger partial charge in [0.05, 0.1) is 5.56 Å². The Morgan fingerprint density at radius 3 is 2.40 bits per heavy atom. The Balaban J connectivity index is 2.70. The molecule has 0 bridgehead atoms. The highest BCUT2D eigenvalue weighted by Gasteiger charge is 2.15. The van der Waals surface area contributed by atoms with E-state index in [-0.39, 0.29) is 17.5 Å². The summed E-state index contributed by atoms with van der Waals surface area (Å²) in [6.45, 7) is 3.83. The number of hydrogen-bond acceptors (Lipinski definition) is 2. The molecule has 2 aromatic rings. The van der Waals surface area contributed by atoms with E-state index >= 15 is 0 Å². The molecule has 0 saturated heterocycles. The fourth-order valence-corrected chi connectivity index (χ4v) is 2.12. The van der Waals surface area contributed by atoms with E-state index in [1.807, 2.05) is 44.2 Å². The minimum atomic E-state index is -0.196. The van der Waals surface area contributed by atoms with Crippen molar-refractivity contribution in [3.05, 3.63) is 58.5 Å². The van der Waals surface area contributed by atoms with Crippen LogP contribution in [-0.4, -0.2) is 17.5 Å². The zero-order valence-corrected chi connectivity index (χ0v) is 11.9. The minimum Gasteiger partial charge on any atom is -0.355 e. The van der Waals surface area contributed by atoms with Crippen LogP contribution >= 0.6 is 0 Å². The molecule has 0 unspecified atom stereocenters. The molecule has 1 aromatic carbocycles. The lowest BCUT2D eigenvalue weighted by molar-refractivity contribution is 0.0963. The molecule has 1 amide bonds. The Morgan fingerprint density at radius 1 is 1.20 bits per heavy atom. The molecule has 0 fully saturated rings. The maximum atomic E-state index is 12.1. The zero-order chi connectivity index (χ0) is 14.7. The Morgan fingerprint density at radius 2 is 1.85 bits per heavy atom. The lowest BCUT2D eigenvalue weighted by atomic mass is 10.0. The molecule has 2 rings (SSSR count). The summed E-state index contributed by atoms with van der Waals surface area (Å²) in [4.78, 5) is 24.2. The molecule has 4 heteroatoms. The second-order valence-corrected chi connectivity index (χ2v) is 4.89. The molecule has 0 aliphatic carbocycles. The zero-order valence-electron chi connectivity index (χ0n) is 11.9. The average molecular weight is 270 g/mol. The highest BCUT2D eigenvalue weighted by molar-refractivity contribution is 6.00. The number of aromatic nitrogens is 1. The van der Waals surface area contributed by atoms with E-state index < -0.39 is 0 Å². The van der Waals surface area contributed by atoms with Crippen molar-refractivity contribution < 1.29 is 4.79 Å². The van der Waals surface area contributed by atoms with Crippen LogP contribution in [0.3, 0.4) is 0 Å². The topological polar surface area (TPSA) is 51.1 Å². The molecule has 20 heavy (non-hydrogen) atoms. The van der Waals surface area contributed by atoms with Crippen molar-refractivity contribution in [1.29, 1.82) is 0 Å². The number of pyridine rings is 1. The van der Waals surface area contributed by atoms with Crippen LogP contribution in [-0.2, 0) is 0 Å². The van der Waals surface area contributed by atoms with E-state index in [0.29, 0.717) is 11.1 Å². The van der Waals surface area contributed by atoms with Crippen LogP contribution in [0, 0.1) is 0 Å². The van der Waals surface area contributed by atoms with E-state index in [1.54, 1.807) is 17.8 Å². The fraction of sp³-hybridized carbons (Fsp3) is 0.250. The summed E-state index contributed by atoms with van der Waals surface area (Å²) in [5.41, 5.74) is 1.92. The van der Waals surface area contributed by atoms with Gasteiger partial charge in [-0.2, -0.15) is 0 Å². The third-order valence-electron chi connectivity index (χ3n) is 3.19. The highest BCUT2D eigenvalue weighted by atomic mass is 16.1. The molecule has 1 heterocycles. The third-order valence-corrected chi connectivity index (χ3v) is 3.19. The first-order valence-electron chi connectivity index (χ1n) is 6.58. The number of nitrogens with zero attached hydrogens (tertiary/aromatic N) is 1. The number of rotatable bonds is 3. The maximum Gasteiger partial charge on any atom is 0.253 e. The SMILES string of the molecule is CNC(=O)c1cn(C(C)C)c(=O)cc1-c1ccccc1. The van der Waals surface area contributed by atoms with Crippen molar-refractivity contribution in [2.75, 3.05) is 7.05 Å². The summed E-state index contributed by atoms with van der Waals surface area (Å²) < 4.78 is 1.57. The van der Waals surface area contributed by atoms with Crippen molar-refractivity contribution in [3.63, 3.8) is 0 Å². The highest BCUT2D eigenvalue weighted by Crippen LogP contribution is 2.22. The Labute approximate surface area is 118 Å². The molecular weight excluding hydrogens is 252 g/mol. The van der Waals surface area contributed by atoms with Gasteiger partial charge in [-0.25, -0.2) is 0 Å². The lowest BCUT2D eigenvalue weighted by Crippen LogP contribution is -2.26. The van der Waals surface area contributed by atoms with Crippen LogP contribution in [0.2, 0.25) is 0 Å². The van der Waals surface area contributed by atoms with Crippen LogP contribution in [0.15, 0.2) is 47.4 Å². The summed E-state index contributed by atoms with van der Waals surface area (Å²) >= 11 is 0. The molecule has 0 saturated carbocycles. The van der Waals surface area contributed by atoms with Crippen molar-refractivity contribution >= 4 is 5.91 Å². The number of benzene rings is 1. The number of carbonyl (C=O) groups excluding carboxylic acids is 1. The van der Waals surface area contributed by atoms with Gasteiger partial charge >= 0.3 is 0 Å². The second-order valence-electron chi connectivity index (χ2n) is 4.89. The van der Waals surface area contributed by atoms with Crippen LogP contribution in [0.1, 0.15) is 30.2 Å². The van der Waals surface area contributed by atoms with Crippen molar-refractivity contribution in [1.82, 2.24) is 9.88 Å². The normalized spacial score (nSPS) is 10.6. The Kier molecular flexibility index (Phi) is 4.03. The second kappa shape index (κ2) is 5.74. The first kappa shape index (κ1) is 14.1. The standard InChI is InChI=1S/C16H18N2O2/c1-11(2)18-10-14(16(20)17-3)13(9-15(18)19)12-7-5-4-6-8-12/h4-11H,1-3H3,(H,17,20). The van der Waals surface area contributed by atoms with Gasteiger partial charge in [0.1, 0.15) is 0 Å². The van der Waals surface area contributed by atoms with Gasteiger partial charge in [-0.15, -0.1) is 0 Å². The van der Waals surface area contributed by atoms with Crippen LogP contribution in [0.5, 0.6) is 0 Å². The lowest BCUT2D eigenvalue weighted by Gasteiger charge is -2.15. The molecule has 0 radical (unpaired) electrons. The first-order chi connectivity index (χ1) is 9.54. The molecule has 4 nitrogen and oxygen atoms in total. The minimum absolute atomic E-state index is 0.00993. The van der Waals surface area contributed by atoms with Gasteiger partial charge < -0.3 is 9.88 Å². The monoisotopic (exact) mass is 270 g/mol. The van der Waals surface area contributed by atoms with E-state index in [2.05, 4.69) is 5.32 Å². The quantitative estimate of drug-likeness (QED) is 0.931. The number of nitrogens with one attached hydrogen (secondary N) is 1.